The van der Waals surface area contributed by atoms with Crippen molar-refractivity contribution >= 4 is 17.4 Å². The lowest BCUT2D eigenvalue weighted by atomic mass is 10.0. The Balaban J connectivity index is 1.83. The van der Waals surface area contributed by atoms with E-state index >= 15 is 0 Å². The maximum absolute atomic E-state index is 12.8. The summed E-state index contributed by atoms with van der Waals surface area (Å²) in [4.78, 5) is 26.0. The van der Waals surface area contributed by atoms with Gasteiger partial charge in [-0.05, 0) is 32.6 Å². The summed E-state index contributed by atoms with van der Waals surface area (Å²) in [5.74, 6) is 2.00. The van der Waals surface area contributed by atoms with Crippen molar-refractivity contribution in [3.8, 4) is 0 Å². The van der Waals surface area contributed by atoms with Gasteiger partial charge in [-0.3, -0.25) is 4.79 Å². The zero-order valence-corrected chi connectivity index (χ0v) is 12.8. The molecule has 1 aromatic heterocycles. The first-order valence-electron chi connectivity index (χ1n) is 7.99. The van der Waals surface area contributed by atoms with Crippen LogP contribution in [0.2, 0.25) is 0 Å². The van der Waals surface area contributed by atoms with Crippen molar-refractivity contribution in [2.45, 2.75) is 51.5 Å². The van der Waals surface area contributed by atoms with Gasteiger partial charge < -0.3 is 9.80 Å². The van der Waals surface area contributed by atoms with E-state index in [4.69, 9.17) is 4.98 Å². The Morgan fingerprint density at radius 1 is 1.29 bits per heavy atom. The third kappa shape index (κ3) is 1.93. The quantitative estimate of drug-likeness (QED) is 0.795. The molecular formula is C16H22N4O. The van der Waals surface area contributed by atoms with E-state index in [2.05, 4.69) is 9.88 Å². The van der Waals surface area contributed by atoms with E-state index in [1.165, 1.54) is 25.7 Å². The highest BCUT2D eigenvalue weighted by atomic mass is 16.2. The number of carbonyl (C=O) groups is 1. The van der Waals surface area contributed by atoms with E-state index in [-0.39, 0.29) is 11.3 Å². The molecule has 0 saturated heterocycles. The summed E-state index contributed by atoms with van der Waals surface area (Å²) in [6, 6.07) is 0.537. The molecule has 1 aliphatic heterocycles. The van der Waals surface area contributed by atoms with Crippen LogP contribution in [0.3, 0.4) is 0 Å². The van der Waals surface area contributed by atoms with Crippen LogP contribution in [0.4, 0.5) is 11.5 Å². The average molecular weight is 286 g/mol. The van der Waals surface area contributed by atoms with Gasteiger partial charge in [0.05, 0.1) is 11.6 Å². The van der Waals surface area contributed by atoms with Crippen LogP contribution in [0.15, 0.2) is 6.20 Å². The largest absolute Gasteiger partial charge is 0.351 e. The number of aromatic nitrogens is 2. The molecule has 4 rings (SSSR count). The maximum Gasteiger partial charge on any atom is 0.234 e. The van der Waals surface area contributed by atoms with Gasteiger partial charge in [-0.2, -0.15) is 0 Å². The molecule has 5 heteroatoms. The van der Waals surface area contributed by atoms with Gasteiger partial charge >= 0.3 is 0 Å². The van der Waals surface area contributed by atoms with E-state index in [1.54, 1.807) is 4.90 Å². The van der Waals surface area contributed by atoms with Crippen molar-refractivity contribution in [1.82, 2.24) is 9.97 Å². The van der Waals surface area contributed by atoms with E-state index in [0.717, 1.165) is 36.7 Å². The number of rotatable bonds is 1. The van der Waals surface area contributed by atoms with Crippen LogP contribution < -0.4 is 9.80 Å². The second-order valence-corrected chi connectivity index (χ2v) is 6.84. The Bertz CT molecular complexity index is 590. The summed E-state index contributed by atoms with van der Waals surface area (Å²) < 4.78 is 0. The van der Waals surface area contributed by atoms with Crippen molar-refractivity contribution in [2.24, 2.45) is 5.41 Å². The molecule has 1 aromatic rings. The van der Waals surface area contributed by atoms with Gasteiger partial charge in [0.1, 0.15) is 11.5 Å². The van der Waals surface area contributed by atoms with Crippen LogP contribution >= 0.6 is 0 Å². The van der Waals surface area contributed by atoms with Gasteiger partial charge in [-0.25, -0.2) is 9.97 Å². The summed E-state index contributed by atoms with van der Waals surface area (Å²) in [5.41, 5.74) is 0.715. The number of anilines is 2. The highest BCUT2D eigenvalue weighted by Gasteiger charge is 2.55. The first kappa shape index (κ1) is 13.0. The molecule has 0 N–H and O–H groups in total. The smallest absolute Gasteiger partial charge is 0.234 e. The van der Waals surface area contributed by atoms with Gasteiger partial charge in [0.15, 0.2) is 5.82 Å². The van der Waals surface area contributed by atoms with Gasteiger partial charge in [0, 0.05) is 19.6 Å². The molecule has 2 fully saturated rings. The molecule has 1 amide bonds. The van der Waals surface area contributed by atoms with Crippen LogP contribution in [0.5, 0.6) is 0 Å². The fraction of sp³-hybridized carbons (Fsp3) is 0.688. The van der Waals surface area contributed by atoms with Gasteiger partial charge in [-0.1, -0.05) is 12.8 Å². The van der Waals surface area contributed by atoms with Crippen LogP contribution in [-0.2, 0) is 4.79 Å². The Morgan fingerprint density at radius 2 is 2.00 bits per heavy atom. The summed E-state index contributed by atoms with van der Waals surface area (Å²) in [5, 5.41) is 0. The third-order valence-electron chi connectivity index (χ3n) is 5.35. The third-order valence-corrected chi connectivity index (χ3v) is 5.35. The van der Waals surface area contributed by atoms with Crippen molar-refractivity contribution in [1.29, 1.82) is 0 Å². The molecule has 0 bridgehead atoms. The molecule has 0 radical (unpaired) electrons. The molecule has 2 aliphatic carbocycles. The predicted octanol–water partition coefficient (Wildman–Crippen LogP) is 2.29. The molecule has 1 spiro atoms. The van der Waals surface area contributed by atoms with Crippen LogP contribution in [0.25, 0.3) is 0 Å². The second-order valence-electron chi connectivity index (χ2n) is 6.84. The number of fused-ring (bicyclic) bond motifs is 1. The van der Waals surface area contributed by atoms with E-state index in [9.17, 15) is 4.79 Å². The molecule has 2 heterocycles. The van der Waals surface area contributed by atoms with E-state index < -0.39 is 0 Å². The van der Waals surface area contributed by atoms with Crippen molar-refractivity contribution in [3.63, 3.8) is 0 Å². The second kappa shape index (κ2) is 4.42. The van der Waals surface area contributed by atoms with Gasteiger partial charge in [0.2, 0.25) is 5.91 Å². The van der Waals surface area contributed by atoms with Crippen LogP contribution in [0.1, 0.15) is 44.3 Å². The number of hydrogen-bond donors (Lipinski definition) is 0. The minimum atomic E-state index is -0.161. The number of hydrogen-bond acceptors (Lipinski definition) is 4. The Kier molecular flexibility index (Phi) is 2.75. The molecule has 2 saturated carbocycles. The molecule has 3 aliphatic rings. The normalized spacial score (nSPS) is 24.4. The lowest BCUT2D eigenvalue weighted by Crippen LogP contribution is -2.41. The SMILES string of the molecule is Cc1ncc2c(n1)N(C1CCCC1)CC1(CC1)C(=O)N2C. The molecular weight excluding hydrogens is 264 g/mol. The molecule has 112 valence electrons. The van der Waals surface area contributed by atoms with Gasteiger partial charge in [0.25, 0.3) is 0 Å². The van der Waals surface area contributed by atoms with E-state index in [1.807, 2.05) is 20.2 Å². The fourth-order valence-corrected chi connectivity index (χ4v) is 3.87. The lowest BCUT2D eigenvalue weighted by Gasteiger charge is -2.31. The van der Waals surface area contributed by atoms with Crippen molar-refractivity contribution in [3.05, 3.63) is 12.0 Å². The molecule has 0 unspecified atom stereocenters. The van der Waals surface area contributed by atoms with E-state index in [0.29, 0.717) is 6.04 Å². The summed E-state index contributed by atoms with van der Waals surface area (Å²) in [7, 11) is 1.87. The Labute approximate surface area is 125 Å². The zero-order chi connectivity index (χ0) is 14.6. The molecule has 0 atom stereocenters. The summed E-state index contributed by atoms with van der Waals surface area (Å²) in [6.07, 6.45) is 8.86. The fourth-order valence-electron chi connectivity index (χ4n) is 3.87. The zero-order valence-electron chi connectivity index (χ0n) is 12.8. The first-order chi connectivity index (χ1) is 10.1. The minimum absolute atomic E-state index is 0.161. The summed E-state index contributed by atoms with van der Waals surface area (Å²) in [6.45, 7) is 2.76. The number of aryl methyl sites for hydroxylation is 1. The first-order valence-corrected chi connectivity index (χ1v) is 7.99. The standard InChI is InChI=1S/C16H22N4O/c1-11-17-9-13-14(18-11)20(12-5-3-4-6-12)10-16(7-8-16)15(21)19(13)2/h9,12H,3-8,10H2,1-2H3. The molecule has 0 aromatic carbocycles. The highest BCUT2D eigenvalue weighted by Crippen LogP contribution is 2.52. The Morgan fingerprint density at radius 3 is 2.67 bits per heavy atom. The average Bonchev–Trinajstić information content (AvgIpc) is 3.08. The lowest BCUT2D eigenvalue weighted by molar-refractivity contribution is -0.122. The monoisotopic (exact) mass is 286 g/mol. The summed E-state index contributed by atoms with van der Waals surface area (Å²) >= 11 is 0. The molecule has 21 heavy (non-hydrogen) atoms. The topological polar surface area (TPSA) is 49.3 Å². The van der Waals surface area contributed by atoms with Crippen molar-refractivity contribution in [2.75, 3.05) is 23.4 Å². The minimum Gasteiger partial charge on any atom is -0.351 e. The van der Waals surface area contributed by atoms with Crippen LogP contribution in [-0.4, -0.2) is 35.5 Å². The number of nitrogens with zero attached hydrogens (tertiary/aromatic N) is 4. The molecule has 5 nitrogen and oxygen atoms in total. The number of carbonyl (C=O) groups excluding carboxylic acids is 1. The maximum atomic E-state index is 12.8. The van der Waals surface area contributed by atoms with Crippen LogP contribution in [0, 0.1) is 12.3 Å². The van der Waals surface area contributed by atoms with Gasteiger partial charge in [-0.15, -0.1) is 0 Å². The number of amides is 1. The highest BCUT2D eigenvalue weighted by molar-refractivity contribution is 6.02. The predicted molar refractivity (Wildman–Crippen MR) is 81.4 cm³/mol. The van der Waals surface area contributed by atoms with Crippen molar-refractivity contribution < 1.29 is 4.79 Å². The Hall–Kier alpha value is -1.65.